The van der Waals surface area contributed by atoms with Gasteiger partial charge in [-0.2, -0.15) is 5.10 Å². The number of amides is 2. The zero-order valence-corrected chi connectivity index (χ0v) is 15.7. The predicted molar refractivity (Wildman–Crippen MR) is 98.8 cm³/mol. The molecule has 0 saturated carbocycles. The van der Waals surface area contributed by atoms with Crippen molar-refractivity contribution in [2.45, 2.75) is 32.4 Å². The van der Waals surface area contributed by atoms with Gasteiger partial charge in [0.05, 0.1) is 24.7 Å². The molecule has 0 saturated heterocycles. The van der Waals surface area contributed by atoms with Gasteiger partial charge in [-0.3, -0.25) is 14.3 Å². The molecule has 7 nitrogen and oxygen atoms in total. The molecule has 2 aromatic heterocycles. The second kappa shape index (κ2) is 8.95. The smallest absolute Gasteiger partial charge is 0.248 e. The molecule has 3 rings (SSSR count). The molecule has 140 valence electrons. The number of ether oxygens (including phenoxy) is 1. The molecule has 1 aliphatic rings. The highest BCUT2D eigenvalue weighted by molar-refractivity contribution is 7.09. The van der Waals surface area contributed by atoms with E-state index in [1.54, 1.807) is 22.4 Å². The first-order valence-electron chi connectivity index (χ1n) is 8.84. The van der Waals surface area contributed by atoms with Crippen LogP contribution in [0.5, 0.6) is 0 Å². The Morgan fingerprint density at radius 1 is 1.42 bits per heavy atom. The molecular formula is C18H24N4O3S. The standard InChI is InChI=1S/C18H24N4O3S/c1-2-25-13-18(24)21-11-14-5-8-20-22(14)15(12-21)10-17(23)19-7-6-16-4-3-9-26-16/h3-5,8-9,15H,2,6-7,10-13H2,1H3,(H,19,23)/t15-/m1/s1. The van der Waals surface area contributed by atoms with Crippen LogP contribution < -0.4 is 5.32 Å². The van der Waals surface area contributed by atoms with Gasteiger partial charge < -0.3 is 15.0 Å². The average molecular weight is 376 g/mol. The lowest BCUT2D eigenvalue weighted by molar-refractivity contribution is -0.138. The Morgan fingerprint density at radius 3 is 3.08 bits per heavy atom. The zero-order chi connectivity index (χ0) is 18.4. The summed E-state index contributed by atoms with van der Waals surface area (Å²) in [5.74, 6) is -0.0745. The summed E-state index contributed by atoms with van der Waals surface area (Å²) in [6, 6.07) is 5.82. The summed E-state index contributed by atoms with van der Waals surface area (Å²) in [6.45, 7) is 4.03. The quantitative estimate of drug-likeness (QED) is 0.759. The number of carbonyl (C=O) groups excluding carboxylic acids is 2. The van der Waals surface area contributed by atoms with Gasteiger partial charge >= 0.3 is 0 Å². The summed E-state index contributed by atoms with van der Waals surface area (Å²) in [4.78, 5) is 27.6. The molecule has 1 N–H and O–H groups in total. The van der Waals surface area contributed by atoms with Gasteiger partial charge in [-0.25, -0.2) is 0 Å². The minimum atomic E-state index is -0.152. The van der Waals surface area contributed by atoms with Crippen LogP contribution in [0.1, 0.15) is 30.0 Å². The first kappa shape index (κ1) is 18.6. The number of hydrogen-bond acceptors (Lipinski definition) is 5. The topological polar surface area (TPSA) is 76.5 Å². The number of aromatic nitrogens is 2. The highest BCUT2D eigenvalue weighted by Gasteiger charge is 2.29. The van der Waals surface area contributed by atoms with Crippen molar-refractivity contribution in [3.8, 4) is 0 Å². The van der Waals surface area contributed by atoms with E-state index in [0.717, 1.165) is 12.1 Å². The summed E-state index contributed by atoms with van der Waals surface area (Å²) in [5.41, 5.74) is 0.942. The summed E-state index contributed by atoms with van der Waals surface area (Å²) >= 11 is 1.69. The van der Waals surface area contributed by atoms with E-state index in [1.165, 1.54) is 4.88 Å². The number of fused-ring (bicyclic) bond motifs is 1. The molecule has 1 aliphatic heterocycles. The van der Waals surface area contributed by atoms with Gasteiger partial charge in [0.1, 0.15) is 6.61 Å². The van der Waals surface area contributed by atoms with E-state index in [2.05, 4.69) is 16.5 Å². The third-order valence-electron chi connectivity index (χ3n) is 4.36. The SMILES string of the molecule is CCOCC(=O)N1Cc2ccnn2[C@H](CC(=O)NCCc2cccs2)C1. The number of nitrogens with one attached hydrogen (secondary N) is 1. The molecule has 26 heavy (non-hydrogen) atoms. The van der Waals surface area contributed by atoms with Gasteiger partial charge in [-0.05, 0) is 30.9 Å². The molecule has 0 fully saturated rings. The molecule has 3 heterocycles. The molecule has 8 heteroatoms. The lowest BCUT2D eigenvalue weighted by atomic mass is 10.1. The number of rotatable bonds is 8. The number of thiophene rings is 1. The number of nitrogens with zero attached hydrogens (tertiary/aromatic N) is 3. The zero-order valence-electron chi connectivity index (χ0n) is 14.9. The Balaban J connectivity index is 1.55. The summed E-state index contributed by atoms with van der Waals surface area (Å²) < 4.78 is 7.10. The minimum absolute atomic E-state index is 0.0212. The molecule has 0 unspecified atom stereocenters. The van der Waals surface area contributed by atoms with E-state index in [0.29, 0.717) is 32.7 Å². The molecule has 2 aromatic rings. The molecule has 2 amide bonds. The molecule has 0 spiro atoms. The van der Waals surface area contributed by atoms with E-state index >= 15 is 0 Å². The summed E-state index contributed by atoms with van der Waals surface area (Å²) in [6.07, 6.45) is 2.85. The second-order valence-electron chi connectivity index (χ2n) is 6.22. The Labute approximate surface area is 156 Å². The largest absolute Gasteiger partial charge is 0.372 e. The van der Waals surface area contributed by atoms with Crippen LogP contribution in [0.3, 0.4) is 0 Å². The van der Waals surface area contributed by atoms with Gasteiger partial charge in [-0.1, -0.05) is 6.07 Å². The van der Waals surface area contributed by atoms with Crippen LogP contribution >= 0.6 is 11.3 Å². The summed E-state index contributed by atoms with van der Waals surface area (Å²) in [5, 5.41) is 9.34. The normalized spacial score (nSPS) is 16.3. The van der Waals surface area contributed by atoms with Crippen LogP contribution in [0.4, 0.5) is 0 Å². The van der Waals surface area contributed by atoms with Crippen molar-refractivity contribution in [2.75, 3.05) is 26.3 Å². The van der Waals surface area contributed by atoms with Crippen LogP contribution in [0.15, 0.2) is 29.8 Å². The van der Waals surface area contributed by atoms with Crippen molar-refractivity contribution >= 4 is 23.2 Å². The van der Waals surface area contributed by atoms with Crippen LogP contribution in [-0.4, -0.2) is 52.8 Å². The van der Waals surface area contributed by atoms with E-state index < -0.39 is 0 Å². The fraction of sp³-hybridized carbons (Fsp3) is 0.500. The molecular weight excluding hydrogens is 352 g/mol. The molecule has 0 aromatic carbocycles. The van der Waals surface area contributed by atoms with Gasteiger partial charge in [0.2, 0.25) is 11.8 Å². The van der Waals surface area contributed by atoms with Crippen LogP contribution in [0, 0.1) is 0 Å². The van der Waals surface area contributed by atoms with Crippen molar-refractivity contribution in [1.82, 2.24) is 20.0 Å². The van der Waals surface area contributed by atoms with Gasteiger partial charge in [-0.15, -0.1) is 11.3 Å². The van der Waals surface area contributed by atoms with E-state index in [4.69, 9.17) is 4.74 Å². The predicted octanol–water partition coefficient (Wildman–Crippen LogP) is 1.61. The van der Waals surface area contributed by atoms with Crippen molar-refractivity contribution in [1.29, 1.82) is 0 Å². The van der Waals surface area contributed by atoms with E-state index in [9.17, 15) is 9.59 Å². The van der Waals surface area contributed by atoms with E-state index in [-0.39, 0.29) is 24.5 Å². The maximum Gasteiger partial charge on any atom is 0.248 e. The van der Waals surface area contributed by atoms with Crippen molar-refractivity contribution in [2.24, 2.45) is 0 Å². The highest BCUT2D eigenvalue weighted by Crippen LogP contribution is 2.23. The van der Waals surface area contributed by atoms with Crippen molar-refractivity contribution < 1.29 is 14.3 Å². The van der Waals surface area contributed by atoms with E-state index in [1.807, 2.05) is 29.1 Å². The first-order valence-corrected chi connectivity index (χ1v) is 9.72. The highest BCUT2D eigenvalue weighted by atomic mass is 32.1. The number of carbonyl (C=O) groups is 2. The third kappa shape index (κ3) is 4.70. The Kier molecular flexibility index (Phi) is 6.40. The minimum Gasteiger partial charge on any atom is -0.372 e. The van der Waals surface area contributed by atoms with Gasteiger partial charge in [0, 0.05) is 30.8 Å². The van der Waals surface area contributed by atoms with Crippen LogP contribution in [0.2, 0.25) is 0 Å². The average Bonchev–Trinajstić information content (AvgIpc) is 3.31. The molecule has 1 atom stereocenters. The molecule has 0 radical (unpaired) electrons. The fourth-order valence-corrected chi connectivity index (χ4v) is 3.78. The molecule has 0 bridgehead atoms. The lowest BCUT2D eigenvalue weighted by Gasteiger charge is -2.33. The summed E-state index contributed by atoms with van der Waals surface area (Å²) in [7, 11) is 0. The Hall–Kier alpha value is -2.19. The second-order valence-corrected chi connectivity index (χ2v) is 7.25. The first-order chi connectivity index (χ1) is 12.7. The third-order valence-corrected chi connectivity index (χ3v) is 5.30. The van der Waals surface area contributed by atoms with Crippen LogP contribution in [-0.2, 0) is 27.3 Å². The maximum atomic E-state index is 12.3. The van der Waals surface area contributed by atoms with Crippen LogP contribution in [0.25, 0.3) is 0 Å². The van der Waals surface area contributed by atoms with Gasteiger partial charge in [0.25, 0.3) is 0 Å². The molecule has 0 aliphatic carbocycles. The fourth-order valence-electron chi connectivity index (χ4n) is 3.08. The maximum absolute atomic E-state index is 12.3. The van der Waals surface area contributed by atoms with Crippen molar-refractivity contribution in [3.63, 3.8) is 0 Å². The Bertz CT molecular complexity index is 729. The Morgan fingerprint density at radius 2 is 2.31 bits per heavy atom. The van der Waals surface area contributed by atoms with Gasteiger partial charge in [0.15, 0.2) is 0 Å². The van der Waals surface area contributed by atoms with Crippen molar-refractivity contribution in [3.05, 3.63) is 40.3 Å². The number of hydrogen-bond donors (Lipinski definition) is 1. The lowest BCUT2D eigenvalue weighted by Crippen LogP contribution is -2.44. The monoisotopic (exact) mass is 376 g/mol.